The number of carbonyl (C=O) groups excluding carboxylic acids is 1. The minimum atomic E-state index is -0.450. The lowest BCUT2D eigenvalue weighted by atomic mass is 10.1. The van der Waals surface area contributed by atoms with Crippen LogP contribution in [-0.2, 0) is 13.0 Å². The number of nitrogens with two attached hydrogens (primary N) is 1. The second-order valence-corrected chi connectivity index (χ2v) is 5.30. The van der Waals surface area contributed by atoms with Gasteiger partial charge in [0.1, 0.15) is 5.82 Å². The molecule has 0 saturated heterocycles. The van der Waals surface area contributed by atoms with Gasteiger partial charge in [0.25, 0.3) is 0 Å². The SMILES string of the molecule is CN=C(NCCc1cccc(F)c1)NCc1cccc(C(N)=O)c1.I. The fraction of sp³-hybridized carbons (Fsp3) is 0.222. The van der Waals surface area contributed by atoms with Crippen molar-refractivity contribution in [3.63, 3.8) is 0 Å². The molecule has 1 amide bonds. The predicted octanol–water partition coefficient (Wildman–Crippen LogP) is 2.45. The van der Waals surface area contributed by atoms with Crippen LogP contribution in [0.1, 0.15) is 21.5 Å². The van der Waals surface area contributed by atoms with Crippen molar-refractivity contribution >= 4 is 35.8 Å². The molecule has 0 saturated carbocycles. The minimum Gasteiger partial charge on any atom is -0.366 e. The van der Waals surface area contributed by atoms with E-state index in [2.05, 4.69) is 15.6 Å². The number of carbonyl (C=O) groups is 1. The van der Waals surface area contributed by atoms with Crippen LogP contribution in [-0.4, -0.2) is 25.5 Å². The number of guanidine groups is 1. The van der Waals surface area contributed by atoms with Crippen LogP contribution in [0, 0.1) is 5.82 Å². The zero-order valence-electron chi connectivity index (χ0n) is 14.0. The fourth-order valence-electron chi connectivity index (χ4n) is 2.26. The summed E-state index contributed by atoms with van der Waals surface area (Å²) in [4.78, 5) is 15.3. The average Bonchev–Trinajstić information content (AvgIpc) is 2.58. The van der Waals surface area contributed by atoms with Crippen molar-refractivity contribution in [2.45, 2.75) is 13.0 Å². The summed E-state index contributed by atoms with van der Waals surface area (Å²) >= 11 is 0. The molecule has 0 unspecified atom stereocenters. The van der Waals surface area contributed by atoms with Gasteiger partial charge < -0.3 is 16.4 Å². The Bertz CT molecular complexity index is 737. The zero-order chi connectivity index (χ0) is 17.4. The summed E-state index contributed by atoms with van der Waals surface area (Å²) in [6.45, 7) is 1.14. The van der Waals surface area contributed by atoms with E-state index in [9.17, 15) is 9.18 Å². The smallest absolute Gasteiger partial charge is 0.248 e. The normalized spacial score (nSPS) is 10.7. The highest BCUT2D eigenvalue weighted by Gasteiger charge is 2.03. The van der Waals surface area contributed by atoms with E-state index in [-0.39, 0.29) is 29.8 Å². The van der Waals surface area contributed by atoms with E-state index in [1.54, 1.807) is 31.3 Å². The van der Waals surface area contributed by atoms with Crippen LogP contribution in [0.4, 0.5) is 4.39 Å². The van der Waals surface area contributed by atoms with Gasteiger partial charge in [-0.3, -0.25) is 9.79 Å². The van der Waals surface area contributed by atoms with Crippen LogP contribution in [0.2, 0.25) is 0 Å². The van der Waals surface area contributed by atoms with Gasteiger partial charge >= 0.3 is 0 Å². The Labute approximate surface area is 163 Å². The Kier molecular flexibility index (Phi) is 8.90. The molecule has 0 fully saturated rings. The van der Waals surface area contributed by atoms with Crippen molar-refractivity contribution in [1.82, 2.24) is 10.6 Å². The van der Waals surface area contributed by atoms with Crippen molar-refractivity contribution in [2.75, 3.05) is 13.6 Å². The van der Waals surface area contributed by atoms with Gasteiger partial charge in [-0.15, -0.1) is 24.0 Å². The number of nitrogens with zero attached hydrogens (tertiary/aromatic N) is 1. The largest absolute Gasteiger partial charge is 0.366 e. The number of hydrogen-bond acceptors (Lipinski definition) is 2. The lowest BCUT2D eigenvalue weighted by Gasteiger charge is -2.12. The summed E-state index contributed by atoms with van der Waals surface area (Å²) in [7, 11) is 1.68. The Morgan fingerprint density at radius 2 is 1.84 bits per heavy atom. The lowest BCUT2D eigenvalue weighted by Crippen LogP contribution is -2.37. The Hall–Kier alpha value is -2.16. The summed E-state index contributed by atoms with van der Waals surface area (Å²) in [6, 6.07) is 13.6. The molecule has 0 atom stereocenters. The summed E-state index contributed by atoms with van der Waals surface area (Å²) < 4.78 is 13.1. The van der Waals surface area contributed by atoms with E-state index in [0.29, 0.717) is 31.0 Å². The number of amides is 1. The lowest BCUT2D eigenvalue weighted by molar-refractivity contribution is 0.1000. The predicted molar refractivity (Wildman–Crippen MR) is 109 cm³/mol. The number of primary amides is 1. The fourth-order valence-corrected chi connectivity index (χ4v) is 2.26. The standard InChI is InChI=1S/C18H21FN4O.HI/c1-21-18(22-9-8-13-4-3-7-16(19)11-13)23-12-14-5-2-6-15(10-14)17(20)24;/h2-7,10-11H,8-9,12H2,1H3,(H2,20,24)(H2,21,22,23);1H. The molecule has 2 aromatic carbocycles. The molecule has 0 aliphatic carbocycles. The average molecular weight is 456 g/mol. The number of hydrogen-bond donors (Lipinski definition) is 3. The molecule has 5 nitrogen and oxygen atoms in total. The number of benzene rings is 2. The van der Waals surface area contributed by atoms with E-state index < -0.39 is 5.91 Å². The third-order valence-electron chi connectivity index (χ3n) is 3.49. The molecule has 2 aromatic rings. The third-order valence-corrected chi connectivity index (χ3v) is 3.49. The van der Waals surface area contributed by atoms with Gasteiger partial charge in [-0.1, -0.05) is 24.3 Å². The topological polar surface area (TPSA) is 79.5 Å². The monoisotopic (exact) mass is 456 g/mol. The van der Waals surface area contributed by atoms with Gasteiger partial charge in [0.05, 0.1) is 0 Å². The molecule has 0 aliphatic rings. The molecule has 134 valence electrons. The highest BCUT2D eigenvalue weighted by atomic mass is 127. The second-order valence-electron chi connectivity index (χ2n) is 5.30. The third kappa shape index (κ3) is 7.08. The Morgan fingerprint density at radius 3 is 2.52 bits per heavy atom. The molecule has 25 heavy (non-hydrogen) atoms. The maximum Gasteiger partial charge on any atom is 0.248 e. The summed E-state index contributed by atoms with van der Waals surface area (Å²) in [6.07, 6.45) is 0.690. The van der Waals surface area contributed by atoms with Gasteiger partial charge in [-0.2, -0.15) is 0 Å². The van der Waals surface area contributed by atoms with Crippen molar-refractivity contribution in [3.8, 4) is 0 Å². The van der Waals surface area contributed by atoms with E-state index in [4.69, 9.17) is 5.73 Å². The summed E-state index contributed by atoms with van der Waals surface area (Å²) in [5, 5.41) is 6.33. The second kappa shape index (κ2) is 10.7. The van der Waals surface area contributed by atoms with Crippen LogP contribution in [0.15, 0.2) is 53.5 Å². The van der Waals surface area contributed by atoms with E-state index in [1.165, 1.54) is 12.1 Å². The minimum absolute atomic E-state index is 0. The van der Waals surface area contributed by atoms with Gasteiger partial charge in [0.15, 0.2) is 5.96 Å². The molecule has 0 aliphatic heterocycles. The quantitative estimate of drug-likeness (QED) is 0.355. The van der Waals surface area contributed by atoms with Crippen LogP contribution < -0.4 is 16.4 Å². The van der Waals surface area contributed by atoms with Crippen LogP contribution in [0.25, 0.3) is 0 Å². The molecule has 0 spiro atoms. The van der Waals surface area contributed by atoms with Gasteiger partial charge in [0.2, 0.25) is 5.91 Å². The maximum absolute atomic E-state index is 13.1. The molecule has 0 radical (unpaired) electrons. The number of nitrogens with one attached hydrogen (secondary N) is 2. The van der Waals surface area contributed by atoms with Crippen LogP contribution in [0.3, 0.4) is 0 Å². The molecule has 2 rings (SSSR count). The Morgan fingerprint density at radius 1 is 1.12 bits per heavy atom. The first kappa shape index (κ1) is 20.9. The van der Waals surface area contributed by atoms with Crippen LogP contribution >= 0.6 is 24.0 Å². The molecular formula is C18H22FIN4O. The molecule has 7 heteroatoms. The van der Waals surface area contributed by atoms with Crippen LogP contribution in [0.5, 0.6) is 0 Å². The van der Waals surface area contributed by atoms with Crippen molar-refractivity contribution < 1.29 is 9.18 Å². The molecule has 4 N–H and O–H groups in total. The molecule has 0 aromatic heterocycles. The van der Waals surface area contributed by atoms with Crippen molar-refractivity contribution in [3.05, 3.63) is 71.0 Å². The van der Waals surface area contributed by atoms with E-state index >= 15 is 0 Å². The number of halogens is 2. The first-order chi connectivity index (χ1) is 11.6. The highest BCUT2D eigenvalue weighted by Crippen LogP contribution is 2.05. The summed E-state index contributed by atoms with van der Waals surface area (Å²) in [5.74, 6) is -0.0466. The molecule has 0 heterocycles. The first-order valence-electron chi connectivity index (χ1n) is 7.66. The number of rotatable bonds is 6. The summed E-state index contributed by atoms with van der Waals surface area (Å²) in [5.41, 5.74) is 7.60. The highest BCUT2D eigenvalue weighted by molar-refractivity contribution is 14.0. The van der Waals surface area contributed by atoms with Gasteiger partial charge in [-0.25, -0.2) is 4.39 Å². The van der Waals surface area contributed by atoms with E-state index in [0.717, 1.165) is 11.1 Å². The molecular weight excluding hydrogens is 434 g/mol. The van der Waals surface area contributed by atoms with Gasteiger partial charge in [0, 0.05) is 25.7 Å². The maximum atomic E-state index is 13.1. The number of aliphatic imine (C=N–C) groups is 1. The zero-order valence-corrected chi connectivity index (χ0v) is 16.3. The van der Waals surface area contributed by atoms with Crippen molar-refractivity contribution in [1.29, 1.82) is 0 Å². The van der Waals surface area contributed by atoms with Gasteiger partial charge in [-0.05, 0) is 41.8 Å². The van der Waals surface area contributed by atoms with E-state index in [1.807, 2.05) is 12.1 Å². The molecule has 0 bridgehead atoms. The van der Waals surface area contributed by atoms with Crippen molar-refractivity contribution in [2.24, 2.45) is 10.7 Å². The first-order valence-corrected chi connectivity index (χ1v) is 7.66. The Balaban J connectivity index is 0.00000312.